The number of halogens is 1. The third-order valence-electron chi connectivity index (χ3n) is 5.88. The Morgan fingerprint density at radius 2 is 1.58 bits per heavy atom. The van der Waals surface area contributed by atoms with E-state index in [9.17, 15) is 4.79 Å². The molecule has 5 rings (SSSR count). The number of carbonyl (C=O) groups excluding carboxylic acids is 1. The largest absolute Gasteiger partial charge is 0.322 e. The fraction of sp³-hybridized carbons (Fsp3) is 0.154. The number of hydrogen-bond acceptors (Lipinski definition) is 2. The SMILES string of the molecule is Cc1ccc(-c2n[nH]c3c2C(c2ccc(C)cc2)N(Cc2ccccc2Cl)C3=O)cc1. The average molecular weight is 428 g/mol. The topological polar surface area (TPSA) is 49.0 Å². The van der Waals surface area contributed by atoms with Crippen molar-refractivity contribution in [3.05, 3.63) is 111 Å². The second-order valence-corrected chi connectivity index (χ2v) is 8.47. The predicted octanol–water partition coefficient (Wildman–Crippen LogP) is 6.09. The minimum absolute atomic E-state index is 0.0636. The summed E-state index contributed by atoms with van der Waals surface area (Å²) in [6.45, 7) is 4.54. The molecule has 4 aromatic rings. The molecule has 4 nitrogen and oxygen atoms in total. The van der Waals surface area contributed by atoms with Gasteiger partial charge in [0, 0.05) is 22.7 Å². The maximum Gasteiger partial charge on any atom is 0.273 e. The molecule has 3 aromatic carbocycles. The fourth-order valence-corrected chi connectivity index (χ4v) is 4.39. The molecule has 0 bridgehead atoms. The number of aromatic nitrogens is 2. The fourth-order valence-electron chi connectivity index (χ4n) is 4.20. The molecule has 31 heavy (non-hydrogen) atoms. The molecule has 5 heteroatoms. The second kappa shape index (κ2) is 7.71. The van der Waals surface area contributed by atoms with E-state index >= 15 is 0 Å². The molecule has 0 spiro atoms. The zero-order valence-electron chi connectivity index (χ0n) is 17.4. The molecule has 1 amide bonds. The maximum absolute atomic E-state index is 13.5. The van der Waals surface area contributed by atoms with Gasteiger partial charge in [0.15, 0.2) is 0 Å². The predicted molar refractivity (Wildman–Crippen MR) is 123 cm³/mol. The van der Waals surface area contributed by atoms with Gasteiger partial charge in [-0.05, 0) is 31.0 Å². The number of benzene rings is 3. The smallest absolute Gasteiger partial charge is 0.273 e. The van der Waals surface area contributed by atoms with Gasteiger partial charge in [-0.1, -0.05) is 89.5 Å². The standard InChI is InChI=1S/C26H22ClN3O/c1-16-7-11-18(12-8-16)23-22-24(29-28-23)26(31)30(15-20-5-3-4-6-21(20)27)25(22)19-13-9-17(2)10-14-19/h3-14,25H,15H2,1-2H3,(H,28,29). The minimum atomic E-state index is -0.241. The summed E-state index contributed by atoms with van der Waals surface area (Å²) in [5.41, 5.74) is 7.62. The maximum atomic E-state index is 13.5. The number of nitrogens with zero attached hydrogens (tertiary/aromatic N) is 2. The van der Waals surface area contributed by atoms with Crippen molar-refractivity contribution in [3.8, 4) is 11.3 Å². The van der Waals surface area contributed by atoms with E-state index in [0.29, 0.717) is 17.3 Å². The quantitative estimate of drug-likeness (QED) is 0.428. The van der Waals surface area contributed by atoms with Crippen molar-refractivity contribution in [1.82, 2.24) is 15.1 Å². The molecule has 1 aliphatic rings. The molecular formula is C26H22ClN3O. The lowest BCUT2D eigenvalue weighted by atomic mass is 9.95. The summed E-state index contributed by atoms with van der Waals surface area (Å²) >= 11 is 6.43. The van der Waals surface area contributed by atoms with Gasteiger partial charge < -0.3 is 4.90 Å². The third kappa shape index (κ3) is 3.43. The van der Waals surface area contributed by atoms with Gasteiger partial charge in [0.05, 0.1) is 11.7 Å². The van der Waals surface area contributed by atoms with Crippen LogP contribution >= 0.6 is 11.6 Å². The number of aryl methyl sites for hydroxylation is 2. The van der Waals surface area contributed by atoms with Crippen molar-refractivity contribution in [1.29, 1.82) is 0 Å². The Labute approximate surface area is 186 Å². The van der Waals surface area contributed by atoms with E-state index in [-0.39, 0.29) is 11.9 Å². The van der Waals surface area contributed by atoms with Crippen LogP contribution in [0.4, 0.5) is 0 Å². The Kier molecular flexibility index (Phi) is 4.87. The van der Waals surface area contributed by atoms with E-state index in [4.69, 9.17) is 11.6 Å². The van der Waals surface area contributed by atoms with Crippen LogP contribution in [0.1, 0.15) is 44.3 Å². The van der Waals surface area contributed by atoms with E-state index < -0.39 is 0 Å². The Hall–Kier alpha value is -3.37. The summed E-state index contributed by atoms with van der Waals surface area (Å²) < 4.78 is 0. The molecule has 0 radical (unpaired) electrons. The van der Waals surface area contributed by atoms with E-state index in [1.54, 1.807) is 0 Å². The van der Waals surface area contributed by atoms with Crippen molar-refractivity contribution in [2.45, 2.75) is 26.4 Å². The zero-order chi connectivity index (χ0) is 21.5. The van der Waals surface area contributed by atoms with Gasteiger partial charge in [-0.25, -0.2) is 0 Å². The molecule has 0 aliphatic carbocycles. The summed E-state index contributed by atoms with van der Waals surface area (Å²) in [7, 11) is 0. The van der Waals surface area contributed by atoms with Crippen LogP contribution in [-0.2, 0) is 6.54 Å². The number of hydrogen-bond donors (Lipinski definition) is 1. The van der Waals surface area contributed by atoms with Crippen LogP contribution < -0.4 is 0 Å². The summed E-state index contributed by atoms with van der Waals surface area (Å²) in [5.74, 6) is -0.0636. The van der Waals surface area contributed by atoms with Crippen LogP contribution in [0.3, 0.4) is 0 Å². The Morgan fingerprint density at radius 3 is 2.26 bits per heavy atom. The molecule has 0 saturated carbocycles. The molecule has 154 valence electrons. The number of amides is 1. The van der Waals surface area contributed by atoms with E-state index in [2.05, 4.69) is 72.6 Å². The van der Waals surface area contributed by atoms with Gasteiger partial charge in [0.1, 0.15) is 5.69 Å². The van der Waals surface area contributed by atoms with Crippen LogP contribution in [0.2, 0.25) is 5.02 Å². The van der Waals surface area contributed by atoms with E-state index in [1.165, 1.54) is 11.1 Å². The Balaban J connectivity index is 1.65. The lowest BCUT2D eigenvalue weighted by Gasteiger charge is -2.27. The summed E-state index contributed by atoms with van der Waals surface area (Å²) in [6.07, 6.45) is 0. The monoisotopic (exact) mass is 427 g/mol. The number of nitrogens with one attached hydrogen (secondary N) is 1. The molecule has 0 saturated heterocycles. The summed E-state index contributed by atoms with van der Waals surface area (Å²) in [6, 6.07) is 24.0. The highest BCUT2D eigenvalue weighted by Gasteiger charge is 2.42. The van der Waals surface area contributed by atoms with Gasteiger partial charge in [-0.3, -0.25) is 9.89 Å². The van der Waals surface area contributed by atoms with Crippen molar-refractivity contribution in [2.75, 3.05) is 0 Å². The molecular weight excluding hydrogens is 406 g/mol. The number of H-pyrrole nitrogens is 1. The molecule has 1 unspecified atom stereocenters. The van der Waals surface area contributed by atoms with Gasteiger partial charge in [-0.15, -0.1) is 0 Å². The van der Waals surface area contributed by atoms with Crippen LogP contribution in [0.25, 0.3) is 11.3 Å². The molecule has 2 heterocycles. The van der Waals surface area contributed by atoms with Gasteiger partial charge in [0.2, 0.25) is 0 Å². The first kappa shape index (κ1) is 19.6. The highest BCUT2D eigenvalue weighted by atomic mass is 35.5. The van der Waals surface area contributed by atoms with Gasteiger partial charge >= 0.3 is 0 Å². The highest BCUT2D eigenvalue weighted by Crippen LogP contribution is 2.43. The lowest BCUT2D eigenvalue weighted by Crippen LogP contribution is -2.29. The van der Waals surface area contributed by atoms with E-state index in [0.717, 1.165) is 27.9 Å². The first-order valence-electron chi connectivity index (χ1n) is 10.3. The van der Waals surface area contributed by atoms with Crippen molar-refractivity contribution >= 4 is 17.5 Å². The average Bonchev–Trinajstić information content (AvgIpc) is 3.31. The first-order valence-corrected chi connectivity index (χ1v) is 10.7. The minimum Gasteiger partial charge on any atom is -0.322 e. The Bertz CT molecular complexity index is 1260. The van der Waals surface area contributed by atoms with Gasteiger partial charge in [0.25, 0.3) is 5.91 Å². The van der Waals surface area contributed by atoms with E-state index in [1.807, 2.05) is 29.2 Å². The molecule has 1 aliphatic heterocycles. The number of carbonyl (C=O) groups is 1. The highest BCUT2D eigenvalue weighted by molar-refractivity contribution is 6.31. The first-order chi connectivity index (χ1) is 15.0. The molecule has 1 N–H and O–H groups in total. The summed E-state index contributed by atoms with van der Waals surface area (Å²) in [4.78, 5) is 15.4. The Morgan fingerprint density at radius 1 is 0.935 bits per heavy atom. The van der Waals surface area contributed by atoms with Crippen LogP contribution in [0, 0.1) is 13.8 Å². The van der Waals surface area contributed by atoms with Crippen LogP contribution in [0.15, 0.2) is 72.8 Å². The van der Waals surface area contributed by atoms with Crippen LogP contribution in [0.5, 0.6) is 0 Å². The molecule has 1 atom stereocenters. The number of fused-ring (bicyclic) bond motifs is 1. The molecule has 0 fully saturated rings. The lowest BCUT2D eigenvalue weighted by molar-refractivity contribution is 0.0730. The normalized spacial score (nSPS) is 15.4. The summed E-state index contributed by atoms with van der Waals surface area (Å²) in [5, 5.41) is 8.22. The zero-order valence-corrected chi connectivity index (χ0v) is 18.1. The van der Waals surface area contributed by atoms with Crippen LogP contribution in [-0.4, -0.2) is 21.0 Å². The number of rotatable bonds is 4. The van der Waals surface area contributed by atoms with Gasteiger partial charge in [-0.2, -0.15) is 5.10 Å². The van der Waals surface area contributed by atoms with Crippen molar-refractivity contribution in [2.24, 2.45) is 0 Å². The number of aromatic amines is 1. The third-order valence-corrected chi connectivity index (χ3v) is 6.25. The van der Waals surface area contributed by atoms with Crippen molar-refractivity contribution < 1.29 is 4.79 Å². The second-order valence-electron chi connectivity index (χ2n) is 8.06. The van der Waals surface area contributed by atoms with Crippen molar-refractivity contribution in [3.63, 3.8) is 0 Å². The molecule has 1 aromatic heterocycles.